The molecule has 0 fully saturated rings. The highest BCUT2D eigenvalue weighted by Gasteiger charge is 2.13. The first-order chi connectivity index (χ1) is 7.36. The third-order valence-electron chi connectivity index (χ3n) is 2.06. The number of hydrogen-bond acceptors (Lipinski definition) is 4. The molecule has 0 N–H and O–H groups in total. The molecule has 15 heavy (non-hydrogen) atoms. The maximum absolute atomic E-state index is 10.7. The zero-order valence-electron chi connectivity index (χ0n) is 8.14. The van der Waals surface area contributed by atoms with Gasteiger partial charge in [0.25, 0.3) is 0 Å². The second-order valence-electron chi connectivity index (χ2n) is 2.88. The van der Waals surface area contributed by atoms with Crippen LogP contribution in [0.2, 0.25) is 0 Å². The quantitative estimate of drug-likeness (QED) is 0.717. The summed E-state index contributed by atoms with van der Waals surface area (Å²) in [4.78, 5) is 14.7. The molecule has 0 saturated carbocycles. The largest absolute Gasteiger partial charge is 0.496 e. The molecule has 0 spiro atoms. The number of para-hydroxylation sites is 1. The molecule has 2 rings (SSSR count). The monoisotopic (exact) mass is 203 g/mol. The van der Waals surface area contributed by atoms with Crippen molar-refractivity contribution in [3.8, 4) is 17.0 Å². The number of hydrogen-bond donors (Lipinski definition) is 0. The van der Waals surface area contributed by atoms with Crippen LogP contribution in [0.4, 0.5) is 0 Å². The lowest BCUT2D eigenvalue weighted by molar-refractivity contribution is 0.110. The topological polar surface area (TPSA) is 52.3 Å². The molecule has 4 nitrogen and oxygen atoms in total. The molecule has 1 aromatic carbocycles. The summed E-state index contributed by atoms with van der Waals surface area (Å²) >= 11 is 0. The van der Waals surface area contributed by atoms with Crippen LogP contribution in [0.15, 0.2) is 35.1 Å². The Morgan fingerprint density at radius 1 is 1.40 bits per heavy atom. The second-order valence-corrected chi connectivity index (χ2v) is 2.88. The standard InChI is InChI=1S/C11H9NO3/c1-14-9-5-3-2-4-8(9)11-10(6-13)15-7-12-11/h2-7H,1H3. The lowest BCUT2D eigenvalue weighted by Gasteiger charge is -2.04. The molecular formula is C11H9NO3. The minimum Gasteiger partial charge on any atom is -0.496 e. The molecule has 76 valence electrons. The Morgan fingerprint density at radius 3 is 2.93 bits per heavy atom. The van der Waals surface area contributed by atoms with E-state index in [2.05, 4.69) is 4.98 Å². The summed E-state index contributed by atoms with van der Waals surface area (Å²) in [6, 6.07) is 7.33. The fourth-order valence-electron chi connectivity index (χ4n) is 1.38. The van der Waals surface area contributed by atoms with Crippen LogP contribution in [0.1, 0.15) is 10.6 Å². The van der Waals surface area contributed by atoms with E-state index in [-0.39, 0.29) is 5.76 Å². The van der Waals surface area contributed by atoms with Gasteiger partial charge < -0.3 is 9.15 Å². The van der Waals surface area contributed by atoms with Crippen molar-refractivity contribution in [1.29, 1.82) is 0 Å². The van der Waals surface area contributed by atoms with E-state index in [0.717, 1.165) is 5.56 Å². The third kappa shape index (κ3) is 1.61. The highest BCUT2D eigenvalue weighted by molar-refractivity contribution is 5.83. The molecule has 0 amide bonds. The molecule has 0 aliphatic rings. The van der Waals surface area contributed by atoms with E-state index in [1.54, 1.807) is 13.2 Å². The van der Waals surface area contributed by atoms with Crippen LogP contribution in [0.3, 0.4) is 0 Å². The number of aromatic nitrogens is 1. The average molecular weight is 203 g/mol. The number of carbonyl (C=O) groups excluding carboxylic acids is 1. The first-order valence-corrected chi connectivity index (χ1v) is 4.39. The van der Waals surface area contributed by atoms with Gasteiger partial charge in [0.15, 0.2) is 18.4 Å². The van der Waals surface area contributed by atoms with Crippen molar-refractivity contribution in [3.05, 3.63) is 36.4 Å². The maximum atomic E-state index is 10.7. The molecule has 1 aromatic heterocycles. The van der Waals surface area contributed by atoms with E-state index in [1.165, 1.54) is 6.39 Å². The van der Waals surface area contributed by atoms with Gasteiger partial charge in [-0.25, -0.2) is 4.98 Å². The fraction of sp³-hybridized carbons (Fsp3) is 0.0909. The molecule has 2 aromatic rings. The minimum atomic E-state index is 0.208. The van der Waals surface area contributed by atoms with Crippen molar-refractivity contribution >= 4 is 6.29 Å². The lowest BCUT2D eigenvalue weighted by Crippen LogP contribution is -1.89. The Balaban J connectivity index is 2.58. The SMILES string of the molecule is COc1ccccc1-c1ncoc1C=O. The number of methoxy groups -OCH3 is 1. The Morgan fingerprint density at radius 2 is 2.20 bits per heavy atom. The van der Waals surface area contributed by atoms with E-state index in [1.807, 2.05) is 18.2 Å². The van der Waals surface area contributed by atoms with Crippen molar-refractivity contribution in [2.75, 3.05) is 7.11 Å². The Kier molecular flexibility index (Phi) is 2.49. The summed E-state index contributed by atoms with van der Waals surface area (Å²) in [5.41, 5.74) is 1.25. The van der Waals surface area contributed by atoms with E-state index in [4.69, 9.17) is 9.15 Å². The zero-order chi connectivity index (χ0) is 10.7. The van der Waals surface area contributed by atoms with Gasteiger partial charge in [-0.2, -0.15) is 0 Å². The molecule has 0 atom stereocenters. The van der Waals surface area contributed by atoms with Crippen LogP contribution < -0.4 is 4.74 Å². The Hall–Kier alpha value is -2.10. The number of carbonyl (C=O) groups is 1. The summed E-state index contributed by atoms with van der Waals surface area (Å²) in [6.07, 6.45) is 1.88. The highest BCUT2D eigenvalue weighted by Crippen LogP contribution is 2.29. The first-order valence-electron chi connectivity index (χ1n) is 4.39. The van der Waals surface area contributed by atoms with Crippen molar-refractivity contribution < 1.29 is 13.9 Å². The van der Waals surface area contributed by atoms with E-state index in [9.17, 15) is 4.79 Å². The van der Waals surface area contributed by atoms with Crippen LogP contribution in [-0.4, -0.2) is 18.4 Å². The van der Waals surface area contributed by atoms with Crippen molar-refractivity contribution in [2.45, 2.75) is 0 Å². The molecule has 0 unspecified atom stereocenters. The van der Waals surface area contributed by atoms with Crippen LogP contribution in [-0.2, 0) is 0 Å². The molecule has 0 aliphatic heterocycles. The van der Waals surface area contributed by atoms with Crippen LogP contribution >= 0.6 is 0 Å². The normalized spacial score (nSPS) is 9.93. The average Bonchev–Trinajstić information content (AvgIpc) is 2.76. The number of aldehydes is 1. The van der Waals surface area contributed by atoms with E-state index >= 15 is 0 Å². The molecule has 0 radical (unpaired) electrons. The van der Waals surface area contributed by atoms with Crippen LogP contribution in [0.5, 0.6) is 5.75 Å². The van der Waals surface area contributed by atoms with Gasteiger partial charge in [0, 0.05) is 5.56 Å². The second kappa shape index (κ2) is 3.96. The number of ether oxygens (including phenoxy) is 1. The molecule has 1 heterocycles. The number of oxazole rings is 1. The highest BCUT2D eigenvalue weighted by atomic mass is 16.5. The van der Waals surface area contributed by atoms with Gasteiger partial charge in [0.05, 0.1) is 7.11 Å². The predicted octanol–water partition coefficient (Wildman–Crippen LogP) is 2.16. The van der Waals surface area contributed by atoms with Gasteiger partial charge in [-0.15, -0.1) is 0 Å². The summed E-state index contributed by atoms with van der Waals surface area (Å²) in [6.45, 7) is 0. The van der Waals surface area contributed by atoms with Gasteiger partial charge in [0.1, 0.15) is 11.4 Å². The molecule has 0 saturated heterocycles. The van der Waals surface area contributed by atoms with Gasteiger partial charge >= 0.3 is 0 Å². The third-order valence-corrected chi connectivity index (χ3v) is 2.06. The summed E-state index contributed by atoms with van der Waals surface area (Å²) in [5.74, 6) is 0.869. The maximum Gasteiger partial charge on any atom is 0.194 e. The number of nitrogens with zero attached hydrogens (tertiary/aromatic N) is 1. The number of benzene rings is 1. The van der Waals surface area contributed by atoms with Crippen molar-refractivity contribution in [2.24, 2.45) is 0 Å². The molecule has 0 aliphatic carbocycles. The van der Waals surface area contributed by atoms with Crippen LogP contribution in [0, 0.1) is 0 Å². The van der Waals surface area contributed by atoms with Gasteiger partial charge in [-0.3, -0.25) is 4.79 Å². The van der Waals surface area contributed by atoms with Gasteiger partial charge in [-0.1, -0.05) is 12.1 Å². The van der Waals surface area contributed by atoms with Gasteiger partial charge in [-0.05, 0) is 12.1 Å². The van der Waals surface area contributed by atoms with E-state index < -0.39 is 0 Å². The first kappa shape index (κ1) is 9.45. The van der Waals surface area contributed by atoms with Crippen LogP contribution in [0.25, 0.3) is 11.3 Å². The minimum absolute atomic E-state index is 0.208. The number of rotatable bonds is 3. The Labute approximate surface area is 86.5 Å². The zero-order valence-corrected chi connectivity index (χ0v) is 8.14. The summed E-state index contributed by atoms with van der Waals surface area (Å²) in [5, 5.41) is 0. The molecular weight excluding hydrogens is 194 g/mol. The van der Waals surface area contributed by atoms with Crippen molar-refractivity contribution in [1.82, 2.24) is 4.98 Å². The van der Waals surface area contributed by atoms with Gasteiger partial charge in [0.2, 0.25) is 0 Å². The summed E-state index contributed by atoms with van der Waals surface area (Å²) in [7, 11) is 1.57. The molecule has 0 bridgehead atoms. The van der Waals surface area contributed by atoms with E-state index in [0.29, 0.717) is 17.7 Å². The Bertz CT molecular complexity index is 476. The predicted molar refractivity (Wildman–Crippen MR) is 53.9 cm³/mol. The molecule has 4 heteroatoms. The van der Waals surface area contributed by atoms with Crippen molar-refractivity contribution in [3.63, 3.8) is 0 Å². The fourth-order valence-corrected chi connectivity index (χ4v) is 1.38. The summed E-state index contributed by atoms with van der Waals surface area (Å²) < 4.78 is 10.1. The smallest absolute Gasteiger partial charge is 0.194 e. The lowest BCUT2D eigenvalue weighted by atomic mass is 10.1.